The number of aromatic amines is 1. The van der Waals surface area contributed by atoms with Crippen LogP contribution < -0.4 is 10.9 Å². The highest BCUT2D eigenvalue weighted by Crippen LogP contribution is 2.16. The first kappa shape index (κ1) is 17.8. The number of benzene rings is 1. The minimum atomic E-state index is -0.245. The van der Waals surface area contributed by atoms with Crippen LogP contribution in [0.1, 0.15) is 43.7 Å². The monoisotopic (exact) mass is 353 g/mol. The van der Waals surface area contributed by atoms with E-state index >= 15 is 0 Å². The zero-order valence-electron chi connectivity index (χ0n) is 15.0. The van der Waals surface area contributed by atoms with Crippen LogP contribution in [0.4, 0.5) is 0 Å². The van der Waals surface area contributed by atoms with Gasteiger partial charge in [0.1, 0.15) is 11.5 Å². The van der Waals surface area contributed by atoms with E-state index in [2.05, 4.69) is 27.2 Å². The first-order valence-corrected chi connectivity index (χ1v) is 8.83. The van der Waals surface area contributed by atoms with Gasteiger partial charge >= 0.3 is 0 Å². The van der Waals surface area contributed by atoms with Crippen LogP contribution in [0.2, 0.25) is 0 Å². The number of aromatic nitrogens is 4. The number of aryl methyl sites for hydroxylation is 2. The van der Waals surface area contributed by atoms with E-state index < -0.39 is 0 Å². The molecule has 3 aromatic rings. The van der Waals surface area contributed by atoms with Crippen molar-refractivity contribution in [2.24, 2.45) is 7.05 Å². The summed E-state index contributed by atoms with van der Waals surface area (Å²) in [6.07, 6.45) is 5.84. The van der Waals surface area contributed by atoms with E-state index in [1.165, 1.54) is 0 Å². The summed E-state index contributed by atoms with van der Waals surface area (Å²) in [4.78, 5) is 36.1. The van der Waals surface area contributed by atoms with E-state index in [0.29, 0.717) is 17.6 Å². The molecule has 2 heterocycles. The fourth-order valence-electron chi connectivity index (χ4n) is 3.00. The fourth-order valence-corrected chi connectivity index (χ4v) is 3.00. The molecule has 2 aromatic heterocycles. The number of nitrogens with one attached hydrogen (secondary N) is 2. The quantitative estimate of drug-likeness (QED) is 0.681. The molecule has 1 atom stereocenters. The lowest BCUT2D eigenvalue weighted by atomic mass is 10.1. The predicted molar refractivity (Wildman–Crippen MR) is 99.7 cm³/mol. The number of hydrogen-bond donors (Lipinski definition) is 2. The van der Waals surface area contributed by atoms with Gasteiger partial charge in [0.2, 0.25) is 5.91 Å². The van der Waals surface area contributed by atoms with Gasteiger partial charge in [-0.05, 0) is 18.6 Å². The van der Waals surface area contributed by atoms with Gasteiger partial charge < -0.3 is 14.9 Å². The molecule has 3 rings (SSSR count). The second-order valence-corrected chi connectivity index (χ2v) is 6.33. The average molecular weight is 353 g/mol. The van der Waals surface area contributed by atoms with E-state index in [0.717, 1.165) is 24.2 Å². The smallest absolute Gasteiger partial charge is 0.270 e. The minimum absolute atomic E-state index is 0.110. The van der Waals surface area contributed by atoms with Crippen molar-refractivity contribution >= 4 is 16.9 Å². The van der Waals surface area contributed by atoms with E-state index in [-0.39, 0.29) is 23.9 Å². The summed E-state index contributed by atoms with van der Waals surface area (Å²) in [6, 6.07) is 7.23. The number of imidazole rings is 1. The van der Waals surface area contributed by atoms with Gasteiger partial charge in [-0.15, -0.1) is 0 Å². The number of carbonyl (C=O) groups excluding carboxylic acids is 1. The highest BCUT2D eigenvalue weighted by molar-refractivity contribution is 5.77. The summed E-state index contributed by atoms with van der Waals surface area (Å²) in [5.41, 5.74) is 1.55. The topological polar surface area (TPSA) is 92.7 Å². The summed E-state index contributed by atoms with van der Waals surface area (Å²) in [5.74, 6) is 0.725. The molecule has 0 saturated carbocycles. The van der Waals surface area contributed by atoms with Crippen molar-refractivity contribution in [2.45, 2.75) is 38.6 Å². The number of carbonyl (C=O) groups is 1. The van der Waals surface area contributed by atoms with E-state index in [4.69, 9.17) is 0 Å². The molecule has 136 valence electrons. The largest absolute Gasteiger partial charge is 0.346 e. The molecule has 0 bridgehead atoms. The van der Waals surface area contributed by atoms with Crippen LogP contribution in [0.15, 0.2) is 41.5 Å². The molecule has 0 aliphatic heterocycles. The van der Waals surface area contributed by atoms with Gasteiger partial charge in [-0.2, -0.15) is 0 Å². The van der Waals surface area contributed by atoms with Crippen molar-refractivity contribution in [1.82, 2.24) is 24.8 Å². The van der Waals surface area contributed by atoms with Gasteiger partial charge in [0, 0.05) is 32.3 Å². The normalized spacial score (nSPS) is 12.2. The molecule has 26 heavy (non-hydrogen) atoms. The van der Waals surface area contributed by atoms with Crippen LogP contribution >= 0.6 is 0 Å². The third-order valence-electron chi connectivity index (χ3n) is 4.34. The predicted octanol–water partition coefficient (Wildman–Crippen LogP) is 2.25. The molecule has 7 nitrogen and oxygen atoms in total. The molecule has 1 amide bonds. The first-order valence-electron chi connectivity index (χ1n) is 8.83. The number of rotatable bonds is 7. The van der Waals surface area contributed by atoms with E-state index in [1.54, 1.807) is 6.20 Å². The van der Waals surface area contributed by atoms with Crippen molar-refractivity contribution in [1.29, 1.82) is 0 Å². The standard InChI is InChI=1S/C19H23N5O2/c1-3-6-15(18-20-11-12-24(18)2)22-17(25)10-9-16-19(26)23-14-8-5-4-7-13(14)21-16/h4-5,7-8,11-12,15H,3,6,9-10H2,1-2H3,(H,22,25)(H,23,26)/t15-/m0/s1. The Kier molecular flexibility index (Phi) is 5.46. The van der Waals surface area contributed by atoms with E-state index in [1.807, 2.05) is 42.1 Å². The molecule has 7 heteroatoms. The Morgan fingerprint density at radius 1 is 1.35 bits per heavy atom. The van der Waals surface area contributed by atoms with Gasteiger partial charge in [0.25, 0.3) is 5.56 Å². The van der Waals surface area contributed by atoms with Crippen molar-refractivity contribution in [3.8, 4) is 0 Å². The highest BCUT2D eigenvalue weighted by Gasteiger charge is 2.18. The van der Waals surface area contributed by atoms with Crippen molar-refractivity contribution in [3.63, 3.8) is 0 Å². The van der Waals surface area contributed by atoms with E-state index in [9.17, 15) is 9.59 Å². The third kappa shape index (κ3) is 3.99. The zero-order chi connectivity index (χ0) is 18.5. The molecule has 0 fully saturated rings. The van der Waals surface area contributed by atoms with Gasteiger partial charge in [0.15, 0.2) is 0 Å². The molecule has 0 unspecified atom stereocenters. The van der Waals surface area contributed by atoms with Crippen LogP contribution in [-0.4, -0.2) is 25.4 Å². The summed E-state index contributed by atoms with van der Waals surface area (Å²) in [6.45, 7) is 2.07. The second-order valence-electron chi connectivity index (χ2n) is 6.33. The van der Waals surface area contributed by atoms with Gasteiger partial charge in [-0.25, -0.2) is 9.97 Å². The summed E-state index contributed by atoms with van der Waals surface area (Å²) >= 11 is 0. The molecule has 0 aliphatic rings. The molecule has 0 aliphatic carbocycles. The molecule has 0 radical (unpaired) electrons. The summed E-state index contributed by atoms with van der Waals surface area (Å²) < 4.78 is 1.91. The molecule has 2 N–H and O–H groups in total. The van der Waals surface area contributed by atoms with Gasteiger partial charge in [0.05, 0.1) is 17.1 Å². The lowest BCUT2D eigenvalue weighted by molar-refractivity contribution is -0.121. The maximum Gasteiger partial charge on any atom is 0.270 e. The molecule has 0 spiro atoms. The molecule has 1 aromatic carbocycles. The number of fused-ring (bicyclic) bond motifs is 1. The van der Waals surface area contributed by atoms with Gasteiger partial charge in [-0.1, -0.05) is 25.5 Å². The Hall–Kier alpha value is -2.96. The molecule has 0 saturated heterocycles. The van der Waals surface area contributed by atoms with Crippen LogP contribution in [0.3, 0.4) is 0 Å². The summed E-state index contributed by atoms with van der Waals surface area (Å²) in [7, 11) is 1.91. The van der Waals surface area contributed by atoms with Gasteiger partial charge in [-0.3, -0.25) is 9.59 Å². The van der Waals surface area contributed by atoms with Crippen LogP contribution in [0.25, 0.3) is 11.0 Å². The minimum Gasteiger partial charge on any atom is -0.346 e. The maximum atomic E-state index is 12.4. The Labute approximate surface area is 151 Å². The first-order chi connectivity index (χ1) is 12.6. The van der Waals surface area contributed by atoms with Crippen molar-refractivity contribution in [2.75, 3.05) is 0 Å². The number of hydrogen-bond acceptors (Lipinski definition) is 4. The lowest BCUT2D eigenvalue weighted by Gasteiger charge is -2.18. The Morgan fingerprint density at radius 3 is 2.88 bits per heavy atom. The fraction of sp³-hybridized carbons (Fsp3) is 0.368. The molecular formula is C19H23N5O2. The Balaban J connectivity index is 1.67. The van der Waals surface area contributed by atoms with Crippen molar-refractivity contribution in [3.05, 3.63) is 58.5 Å². The average Bonchev–Trinajstić information content (AvgIpc) is 3.05. The van der Waals surface area contributed by atoms with Crippen molar-refractivity contribution < 1.29 is 4.79 Å². The number of amides is 1. The lowest BCUT2D eigenvalue weighted by Crippen LogP contribution is -2.31. The maximum absolute atomic E-state index is 12.4. The summed E-state index contributed by atoms with van der Waals surface area (Å²) in [5, 5.41) is 3.03. The van der Waals surface area contributed by atoms with Crippen LogP contribution in [-0.2, 0) is 18.3 Å². The third-order valence-corrected chi connectivity index (χ3v) is 4.34. The number of H-pyrrole nitrogens is 1. The molecular weight excluding hydrogens is 330 g/mol. The Bertz CT molecular complexity index is 960. The van der Waals surface area contributed by atoms with Crippen LogP contribution in [0, 0.1) is 0 Å². The highest BCUT2D eigenvalue weighted by atomic mass is 16.1. The second kappa shape index (κ2) is 7.95. The SMILES string of the molecule is CCC[C@H](NC(=O)CCc1nc2ccccc2[nH]c1=O)c1nccn1C. The van der Waals surface area contributed by atoms with Crippen LogP contribution in [0.5, 0.6) is 0 Å². The number of nitrogens with zero attached hydrogens (tertiary/aromatic N) is 3. The number of para-hydroxylation sites is 2. The Morgan fingerprint density at radius 2 is 2.15 bits per heavy atom. The zero-order valence-corrected chi connectivity index (χ0v) is 15.0.